The van der Waals surface area contributed by atoms with Crippen molar-refractivity contribution in [2.45, 2.75) is 25.4 Å². The zero-order valence-electron chi connectivity index (χ0n) is 4.68. The summed E-state index contributed by atoms with van der Waals surface area (Å²) in [6, 6.07) is 0. The topological polar surface area (TPSA) is 21.3 Å². The van der Waals surface area contributed by atoms with Crippen LogP contribution in [-0.4, -0.2) is 6.10 Å². The van der Waals surface area contributed by atoms with Gasteiger partial charge in [0.15, 0.2) is 0 Å². The van der Waals surface area contributed by atoms with Crippen molar-refractivity contribution in [2.75, 3.05) is 0 Å². The first-order valence-electron chi connectivity index (χ1n) is 3.07. The first kappa shape index (κ1) is 4.39. The molecule has 2 heteroatoms. The zero-order chi connectivity index (χ0) is 5.40. The Bertz CT molecular complexity index is 130. The van der Waals surface area contributed by atoms with E-state index in [1.807, 2.05) is 6.20 Å². The predicted octanol–water partition coefficient (Wildman–Crippen LogP) is 0.958. The molecule has 1 aliphatic heterocycles. The van der Waals surface area contributed by atoms with Gasteiger partial charge in [-0.2, -0.15) is 0 Å². The minimum absolute atomic E-state index is 0.426. The summed E-state index contributed by atoms with van der Waals surface area (Å²) in [7, 11) is 0. The second-order valence-corrected chi connectivity index (χ2v) is 2.34. The van der Waals surface area contributed by atoms with Gasteiger partial charge in [-0.15, -0.1) is 0 Å². The van der Waals surface area contributed by atoms with Crippen molar-refractivity contribution < 1.29 is 4.84 Å². The molecular weight excluding hydrogens is 102 g/mol. The highest BCUT2D eigenvalue weighted by Gasteiger charge is 2.25. The highest BCUT2D eigenvalue weighted by atomic mass is 16.7. The second kappa shape index (κ2) is 1.49. The maximum atomic E-state index is 5.13. The molecule has 0 aromatic carbocycles. The normalized spacial score (nSPS) is 34.0. The molecule has 1 heterocycles. The van der Waals surface area contributed by atoms with Crippen LogP contribution in [0, 0.1) is 0 Å². The van der Waals surface area contributed by atoms with E-state index in [-0.39, 0.29) is 0 Å². The first-order chi connectivity index (χ1) is 3.97. The molecule has 1 fully saturated rings. The fraction of sp³-hybridized carbons (Fsp3) is 0.667. The minimum atomic E-state index is 0.426. The van der Waals surface area contributed by atoms with Crippen LogP contribution in [0.15, 0.2) is 11.8 Å². The number of hydroxylamine groups is 1. The lowest BCUT2D eigenvalue weighted by atomic mass is 10.2. The van der Waals surface area contributed by atoms with Crippen LogP contribution in [0.1, 0.15) is 19.3 Å². The smallest absolute Gasteiger partial charge is 0.108 e. The van der Waals surface area contributed by atoms with Gasteiger partial charge in [-0.25, -0.2) is 0 Å². The third-order valence-corrected chi connectivity index (χ3v) is 1.80. The van der Waals surface area contributed by atoms with Gasteiger partial charge in [0.25, 0.3) is 0 Å². The molecule has 1 unspecified atom stereocenters. The molecule has 1 aliphatic carbocycles. The van der Waals surface area contributed by atoms with Gasteiger partial charge in [0.1, 0.15) is 6.10 Å². The Balaban J connectivity index is 2.20. The summed E-state index contributed by atoms with van der Waals surface area (Å²) in [5.74, 6) is 0. The average Bonchev–Trinajstić information content (AvgIpc) is 2.15. The lowest BCUT2D eigenvalue weighted by Gasteiger charge is -1.99. The highest BCUT2D eigenvalue weighted by molar-refractivity contribution is 5.14. The van der Waals surface area contributed by atoms with Crippen molar-refractivity contribution in [1.29, 1.82) is 0 Å². The van der Waals surface area contributed by atoms with E-state index in [2.05, 4.69) is 5.48 Å². The van der Waals surface area contributed by atoms with Crippen LogP contribution in [0.2, 0.25) is 0 Å². The third-order valence-electron chi connectivity index (χ3n) is 1.80. The molecule has 2 rings (SSSR count). The summed E-state index contributed by atoms with van der Waals surface area (Å²) in [5, 5.41) is 0. The molecule has 0 aromatic heterocycles. The number of hydrogen-bond acceptors (Lipinski definition) is 2. The summed E-state index contributed by atoms with van der Waals surface area (Å²) >= 11 is 0. The van der Waals surface area contributed by atoms with Gasteiger partial charge >= 0.3 is 0 Å². The van der Waals surface area contributed by atoms with Crippen molar-refractivity contribution in [2.24, 2.45) is 0 Å². The van der Waals surface area contributed by atoms with E-state index in [4.69, 9.17) is 4.84 Å². The van der Waals surface area contributed by atoms with Gasteiger partial charge < -0.3 is 0 Å². The van der Waals surface area contributed by atoms with E-state index in [0.717, 1.165) is 0 Å². The van der Waals surface area contributed by atoms with E-state index in [1.165, 1.54) is 24.8 Å². The predicted molar refractivity (Wildman–Crippen MR) is 29.9 cm³/mol. The average molecular weight is 111 g/mol. The maximum Gasteiger partial charge on any atom is 0.108 e. The molecular formula is C6H9NO. The molecule has 0 radical (unpaired) electrons. The van der Waals surface area contributed by atoms with Crippen molar-refractivity contribution in [3.05, 3.63) is 11.8 Å². The lowest BCUT2D eigenvalue weighted by molar-refractivity contribution is 0.0455. The Morgan fingerprint density at radius 3 is 3.62 bits per heavy atom. The SMILES string of the molecule is C1=C2CCCC2ON1. The molecule has 0 spiro atoms. The van der Waals surface area contributed by atoms with Crippen molar-refractivity contribution >= 4 is 0 Å². The van der Waals surface area contributed by atoms with Crippen LogP contribution in [0.3, 0.4) is 0 Å². The molecule has 1 atom stereocenters. The van der Waals surface area contributed by atoms with Crippen molar-refractivity contribution in [3.63, 3.8) is 0 Å². The third kappa shape index (κ3) is 0.464. The molecule has 0 saturated heterocycles. The van der Waals surface area contributed by atoms with E-state index in [9.17, 15) is 0 Å². The van der Waals surface area contributed by atoms with E-state index < -0.39 is 0 Å². The van der Waals surface area contributed by atoms with E-state index in [1.54, 1.807) is 0 Å². The van der Waals surface area contributed by atoms with Crippen molar-refractivity contribution in [1.82, 2.24) is 5.48 Å². The Labute approximate surface area is 48.5 Å². The molecule has 2 aliphatic rings. The molecule has 0 amide bonds. The van der Waals surface area contributed by atoms with Gasteiger partial charge in [0, 0.05) is 6.20 Å². The minimum Gasteiger partial charge on any atom is -0.274 e. The number of hydrogen-bond donors (Lipinski definition) is 1. The van der Waals surface area contributed by atoms with E-state index >= 15 is 0 Å². The Morgan fingerprint density at radius 2 is 2.75 bits per heavy atom. The van der Waals surface area contributed by atoms with Crippen LogP contribution in [0.5, 0.6) is 0 Å². The van der Waals surface area contributed by atoms with Gasteiger partial charge in [0.2, 0.25) is 0 Å². The first-order valence-corrected chi connectivity index (χ1v) is 3.07. The Morgan fingerprint density at radius 1 is 1.75 bits per heavy atom. The van der Waals surface area contributed by atoms with Crippen LogP contribution < -0.4 is 5.48 Å². The molecule has 2 nitrogen and oxygen atoms in total. The monoisotopic (exact) mass is 111 g/mol. The van der Waals surface area contributed by atoms with Gasteiger partial charge in [-0.1, -0.05) is 0 Å². The quantitative estimate of drug-likeness (QED) is 0.502. The van der Waals surface area contributed by atoms with Gasteiger partial charge in [-0.3, -0.25) is 10.3 Å². The molecule has 44 valence electrons. The highest BCUT2D eigenvalue weighted by Crippen LogP contribution is 2.28. The zero-order valence-corrected chi connectivity index (χ0v) is 4.68. The maximum absolute atomic E-state index is 5.13. The number of nitrogens with one attached hydrogen (secondary N) is 1. The molecule has 8 heavy (non-hydrogen) atoms. The summed E-state index contributed by atoms with van der Waals surface area (Å²) in [4.78, 5) is 5.13. The summed E-state index contributed by atoms with van der Waals surface area (Å²) in [5.41, 5.74) is 4.21. The van der Waals surface area contributed by atoms with Crippen LogP contribution in [-0.2, 0) is 4.84 Å². The standard InChI is InChI=1S/C6H9NO/c1-2-5-4-7-8-6(5)3-1/h4,6-7H,1-3H2. The Kier molecular flexibility index (Phi) is 0.815. The second-order valence-electron chi connectivity index (χ2n) is 2.34. The number of fused-ring (bicyclic) bond motifs is 1. The summed E-state index contributed by atoms with van der Waals surface area (Å²) in [6.07, 6.45) is 6.15. The van der Waals surface area contributed by atoms with E-state index in [0.29, 0.717) is 6.10 Å². The van der Waals surface area contributed by atoms with Crippen LogP contribution in [0.4, 0.5) is 0 Å². The molecule has 0 bridgehead atoms. The van der Waals surface area contributed by atoms with Crippen LogP contribution in [0.25, 0.3) is 0 Å². The lowest BCUT2D eigenvalue weighted by Crippen LogP contribution is -2.08. The Hall–Kier alpha value is -0.500. The largest absolute Gasteiger partial charge is 0.274 e. The molecule has 1 saturated carbocycles. The van der Waals surface area contributed by atoms with Gasteiger partial charge in [-0.05, 0) is 24.8 Å². The van der Waals surface area contributed by atoms with Crippen molar-refractivity contribution in [3.8, 4) is 0 Å². The fourth-order valence-electron chi connectivity index (χ4n) is 1.33. The molecule has 0 aromatic rings. The van der Waals surface area contributed by atoms with Crippen LogP contribution >= 0.6 is 0 Å². The fourth-order valence-corrected chi connectivity index (χ4v) is 1.33. The summed E-state index contributed by atoms with van der Waals surface area (Å²) < 4.78 is 0. The van der Waals surface area contributed by atoms with Gasteiger partial charge in [0.05, 0.1) is 0 Å². The number of rotatable bonds is 0. The summed E-state index contributed by atoms with van der Waals surface area (Å²) in [6.45, 7) is 0. The molecule has 1 N–H and O–H groups in total.